The van der Waals surface area contributed by atoms with Gasteiger partial charge in [-0.15, -0.1) is 12.4 Å². The minimum absolute atomic E-state index is 0. The molecular weight excluding hydrogens is 378 g/mol. The summed E-state index contributed by atoms with van der Waals surface area (Å²) in [6.07, 6.45) is 4.55. The smallest absolute Gasteiger partial charge is 0.282 e. The lowest BCUT2D eigenvalue weighted by molar-refractivity contribution is -0.132. The van der Waals surface area contributed by atoms with Gasteiger partial charge in [-0.2, -0.15) is 17.0 Å². The van der Waals surface area contributed by atoms with Crippen LogP contribution in [0.25, 0.3) is 0 Å². The highest BCUT2D eigenvalue weighted by Crippen LogP contribution is 2.15. The number of unbranched alkanes of at least 4 members (excludes halogenated alkanes) is 3. The topological polar surface area (TPSA) is 90.2 Å². The van der Waals surface area contributed by atoms with Crippen LogP contribution in [0.1, 0.15) is 32.1 Å². The molecule has 2 aliphatic rings. The van der Waals surface area contributed by atoms with Gasteiger partial charge >= 0.3 is 0 Å². The Bertz CT molecular complexity index is 518. The second-order valence-electron chi connectivity index (χ2n) is 6.94. The fraction of sp³-hybridized carbons (Fsp3) is 0.938. The minimum atomic E-state index is -3.39. The summed E-state index contributed by atoms with van der Waals surface area (Å²) in [5.74, 6) is 0.143. The SMILES string of the molecule is CN1CCN(S(=O)(=O)N2CCN(C(=O)CCCCCCN)CC2)CC1.Cl. The number of likely N-dealkylation sites (N-methyl/N-ethyl adjacent to an activating group) is 1. The van der Waals surface area contributed by atoms with Gasteiger partial charge in [0.05, 0.1) is 0 Å². The number of piperazine rings is 2. The van der Waals surface area contributed by atoms with E-state index in [0.29, 0.717) is 52.2 Å². The maximum Gasteiger partial charge on any atom is 0.282 e. The number of carbonyl (C=O) groups is 1. The average Bonchev–Trinajstić information content (AvgIpc) is 2.62. The van der Waals surface area contributed by atoms with Crippen LogP contribution in [-0.4, -0.2) is 98.7 Å². The molecule has 10 heteroatoms. The molecule has 0 aliphatic carbocycles. The summed E-state index contributed by atoms with van der Waals surface area (Å²) in [5, 5.41) is 0. The zero-order chi connectivity index (χ0) is 18.3. The summed E-state index contributed by atoms with van der Waals surface area (Å²) in [6.45, 7) is 5.10. The molecule has 0 bridgehead atoms. The van der Waals surface area contributed by atoms with Crippen molar-refractivity contribution in [2.75, 3.05) is 66.0 Å². The molecule has 0 atom stereocenters. The van der Waals surface area contributed by atoms with Gasteiger partial charge in [-0.05, 0) is 26.4 Å². The van der Waals surface area contributed by atoms with Gasteiger partial charge in [-0.3, -0.25) is 4.79 Å². The molecule has 2 N–H and O–H groups in total. The van der Waals surface area contributed by atoms with Crippen LogP contribution in [0, 0.1) is 0 Å². The first kappa shape index (κ1) is 23.6. The lowest BCUT2D eigenvalue weighted by Crippen LogP contribution is -2.57. The summed E-state index contributed by atoms with van der Waals surface area (Å²) in [7, 11) is -1.39. The van der Waals surface area contributed by atoms with Crippen LogP contribution < -0.4 is 5.73 Å². The molecule has 154 valence electrons. The van der Waals surface area contributed by atoms with Gasteiger partial charge in [0, 0.05) is 58.8 Å². The van der Waals surface area contributed by atoms with Crippen LogP contribution in [0.4, 0.5) is 0 Å². The van der Waals surface area contributed by atoms with E-state index in [4.69, 9.17) is 5.73 Å². The molecule has 8 nitrogen and oxygen atoms in total. The highest BCUT2D eigenvalue weighted by atomic mass is 35.5. The van der Waals surface area contributed by atoms with Crippen molar-refractivity contribution in [3.63, 3.8) is 0 Å². The molecule has 0 unspecified atom stereocenters. The Labute approximate surface area is 164 Å². The monoisotopic (exact) mass is 411 g/mol. The molecule has 0 aromatic carbocycles. The Morgan fingerprint density at radius 2 is 1.35 bits per heavy atom. The number of nitrogens with two attached hydrogens (primary N) is 1. The number of halogens is 1. The molecule has 0 radical (unpaired) electrons. The zero-order valence-electron chi connectivity index (χ0n) is 15.8. The summed E-state index contributed by atoms with van der Waals surface area (Å²) >= 11 is 0. The Morgan fingerprint density at radius 3 is 1.88 bits per heavy atom. The third-order valence-corrected chi connectivity index (χ3v) is 7.09. The molecule has 2 rings (SSSR count). The Kier molecular flexibility index (Phi) is 10.3. The fourth-order valence-electron chi connectivity index (χ4n) is 3.28. The second-order valence-corrected chi connectivity index (χ2v) is 8.87. The molecule has 0 aromatic heterocycles. The molecule has 1 amide bonds. The molecule has 2 heterocycles. The van der Waals surface area contributed by atoms with Crippen molar-refractivity contribution >= 4 is 28.5 Å². The van der Waals surface area contributed by atoms with Gasteiger partial charge < -0.3 is 15.5 Å². The average molecular weight is 412 g/mol. The van der Waals surface area contributed by atoms with E-state index >= 15 is 0 Å². The van der Waals surface area contributed by atoms with Crippen LogP contribution in [0.5, 0.6) is 0 Å². The van der Waals surface area contributed by atoms with E-state index in [9.17, 15) is 13.2 Å². The van der Waals surface area contributed by atoms with Crippen molar-refractivity contribution < 1.29 is 13.2 Å². The molecule has 2 fully saturated rings. The fourth-order valence-corrected chi connectivity index (χ4v) is 4.86. The molecule has 0 saturated carbocycles. The first-order chi connectivity index (χ1) is 11.9. The number of hydrogen-bond acceptors (Lipinski definition) is 5. The van der Waals surface area contributed by atoms with E-state index in [2.05, 4.69) is 4.90 Å². The first-order valence-electron chi connectivity index (χ1n) is 9.37. The van der Waals surface area contributed by atoms with E-state index in [0.717, 1.165) is 38.8 Å². The summed E-state index contributed by atoms with van der Waals surface area (Å²) in [4.78, 5) is 16.2. The van der Waals surface area contributed by atoms with E-state index in [1.165, 1.54) is 4.31 Å². The first-order valence-corrected chi connectivity index (χ1v) is 10.8. The van der Waals surface area contributed by atoms with Gasteiger partial charge in [0.25, 0.3) is 10.2 Å². The molecule has 0 spiro atoms. The third-order valence-electron chi connectivity index (χ3n) is 5.05. The standard InChI is InChI=1S/C16H33N5O3S.ClH/c1-18-8-12-20(13-9-18)25(23,24)21-14-10-19(11-15-21)16(22)6-4-2-3-5-7-17;/h2-15,17H2,1H3;1H. The molecule has 2 aliphatic heterocycles. The van der Waals surface area contributed by atoms with Crippen LogP contribution in [-0.2, 0) is 15.0 Å². The Hall–Kier alpha value is -0.450. The Balaban J connectivity index is 0.00000338. The lowest BCUT2D eigenvalue weighted by atomic mass is 10.1. The molecule has 0 aromatic rings. The largest absolute Gasteiger partial charge is 0.340 e. The number of nitrogens with zero attached hydrogens (tertiary/aromatic N) is 4. The number of rotatable bonds is 8. The van der Waals surface area contributed by atoms with Crippen molar-refractivity contribution in [3.8, 4) is 0 Å². The minimum Gasteiger partial charge on any atom is -0.340 e. The van der Waals surface area contributed by atoms with Crippen molar-refractivity contribution in [1.29, 1.82) is 0 Å². The highest BCUT2D eigenvalue weighted by Gasteiger charge is 2.34. The van der Waals surface area contributed by atoms with Crippen molar-refractivity contribution in [2.24, 2.45) is 5.73 Å². The predicted octanol–water partition coefficient (Wildman–Crippen LogP) is -0.0462. The van der Waals surface area contributed by atoms with Gasteiger partial charge in [-0.25, -0.2) is 0 Å². The normalized spacial score (nSPS) is 20.8. The summed E-state index contributed by atoms with van der Waals surface area (Å²) < 4.78 is 28.5. The lowest BCUT2D eigenvalue weighted by Gasteiger charge is -2.39. The summed E-state index contributed by atoms with van der Waals surface area (Å²) in [5.41, 5.74) is 5.46. The van der Waals surface area contributed by atoms with E-state index in [-0.39, 0.29) is 18.3 Å². The maximum atomic E-state index is 12.7. The number of carbonyl (C=O) groups excluding carboxylic acids is 1. The van der Waals surface area contributed by atoms with Gasteiger partial charge in [0.15, 0.2) is 0 Å². The maximum absolute atomic E-state index is 12.7. The second kappa shape index (κ2) is 11.4. The van der Waals surface area contributed by atoms with Crippen molar-refractivity contribution in [3.05, 3.63) is 0 Å². The van der Waals surface area contributed by atoms with Crippen LogP contribution >= 0.6 is 12.4 Å². The van der Waals surface area contributed by atoms with Gasteiger partial charge in [0.2, 0.25) is 5.91 Å². The third kappa shape index (κ3) is 6.61. The quantitative estimate of drug-likeness (QED) is 0.566. The number of amides is 1. The molecule has 2 saturated heterocycles. The van der Waals surface area contributed by atoms with E-state index in [1.54, 1.807) is 9.21 Å². The summed E-state index contributed by atoms with van der Waals surface area (Å²) in [6, 6.07) is 0. The predicted molar refractivity (Wildman–Crippen MR) is 106 cm³/mol. The van der Waals surface area contributed by atoms with E-state index < -0.39 is 10.2 Å². The van der Waals surface area contributed by atoms with Crippen LogP contribution in [0.3, 0.4) is 0 Å². The Morgan fingerprint density at radius 1 is 0.846 bits per heavy atom. The molecule has 26 heavy (non-hydrogen) atoms. The van der Waals surface area contributed by atoms with Crippen molar-refractivity contribution in [2.45, 2.75) is 32.1 Å². The molecular formula is C16H34ClN5O3S. The van der Waals surface area contributed by atoms with Crippen LogP contribution in [0.15, 0.2) is 0 Å². The van der Waals surface area contributed by atoms with Gasteiger partial charge in [-0.1, -0.05) is 12.8 Å². The highest BCUT2D eigenvalue weighted by molar-refractivity contribution is 7.86. The van der Waals surface area contributed by atoms with Gasteiger partial charge in [0.1, 0.15) is 0 Å². The zero-order valence-corrected chi connectivity index (χ0v) is 17.4. The van der Waals surface area contributed by atoms with Crippen molar-refractivity contribution in [1.82, 2.24) is 18.4 Å². The van der Waals surface area contributed by atoms with Crippen LogP contribution in [0.2, 0.25) is 0 Å². The van der Waals surface area contributed by atoms with E-state index in [1.807, 2.05) is 7.05 Å². The number of hydrogen-bond donors (Lipinski definition) is 1.